The van der Waals surface area contributed by atoms with Crippen LogP contribution in [0.25, 0.3) is 0 Å². The van der Waals surface area contributed by atoms with E-state index in [-0.39, 0.29) is 0 Å². The van der Waals surface area contributed by atoms with E-state index in [1.165, 1.54) is 11.3 Å². The maximum atomic E-state index is 12.6. The standard InChI is InChI=1S/C21H25N5O3S2/c1-3-18-8-9-20(30-18)31(27,28)25-17-6-4-16(5-7-17)23-19-14-15(2)22-21(24-19)26-10-12-29-13-11-26/h4-9,14,25H,3,10-13H2,1-2H3,(H,22,23,24). The number of morpholine rings is 1. The molecule has 0 bridgehead atoms. The fourth-order valence-electron chi connectivity index (χ4n) is 3.19. The lowest BCUT2D eigenvalue weighted by Gasteiger charge is -2.27. The molecule has 0 saturated carbocycles. The zero-order valence-electron chi connectivity index (χ0n) is 17.5. The minimum atomic E-state index is -3.59. The summed E-state index contributed by atoms with van der Waals surface area (Å²) in [6.07, 6.45) is 0.816. The maximum Gasteiger partial charge on any atom is 0.271 e. The number of ether oxygens (including phenoxy) is 1. The Balaban J connectivity index is 1.45. The van der Waals surface area contributed by atoms with Gasteiger partial charge in [-0.15, -0.1) is 11.3 Å². The molecule has 1 fully saturated rings. The Labute approximate surface area is 186 Å². The van der Waals surface area contributed by atoms with Crippen LogP contribution in [-0.4, -0.2) is 44.7 Å². The first-order valence-electron chi connectivity index (χ1n) is 10.1. The van der Waals surface area contributed by atoms with Crippen LogP contribution >= 0.6 is 11.3 Å². The third kappa shape index (κ3) is 5.33. The number of aromatic nitrogens is 2. The number of aryl methyl sites for hydroxylation is 2. The van der Waals surface area contributed by atoms with Gasteiger partial charge in [0.25, 0.3) is 10.0 Å². The summed E-state index contributed by atoms with van der Waals surface area (Å²) >= 11 is 1.29. The maximum absolute atomic E-state index is 12.6. The van der Waals surface area contributed by atoms with Crippen molar-refractivity contribution in [3.63, 3.8) is 0 Å². The fraction of sp³-hybridized carbons (Fsp3) is 0.333. The average Bonchev–Trinajstić information content (AvgIpc) is 3.26. The lowest BCUT2D eigenvalue weighted by Crippen LogP contribution is -2.37. The number of hydrogen-bond acceptors (Lipinski definition) is 8. The second-order valence-corrected chi connectivity index (χ2v) is 10.3. The SMILES string of the molecule is CCc1ccc(S(=O)(=O)Nc2ccc(Nc3cc(C)nc(N4CCOCC4)n3)cc2)s1. The van der Waals surface area contributed by atoms with Crippen LogP contribution in [0.4, 0.5) is 23.1 Å². The Bertz CT molecular complexity index is 1140. The third-order valence-corrected chi connectivity index (χ3v) is 7.90. The highest BCUT2D eigenvalue weighted by Gasteiger charge is 2.17. The zero-order chi connectivity index (χ0) is 21.8. The molecule has 4 rings (SSSR count). The smallest absolute Gasteiger partial charge is 0.271 e. The molecule has 0 unspecified atom stereocenters. The van der Waals surface area contributed by atoms with Gasteiger partial charge in [0.15, 0.2) is 0 Å². The molecule has 0 atom stereocenters. The molecule has 8 nitrogen and oxygen atoms in total. The number of benzene rings is 1. The summed E-state index contributed by atoms with van der Waals surface area (Å²) in [4.78, 5) is 12.3. The highest BCUT2D eigenvalue weighted by atomic mass is 32.2. The minimum Gasteiger partial charge on any atom is -0.378 e. The molecule has 1 aliphatic heterocycles. The van der Waals surface area contributed by atoms with E-state index in [0.717, 1.165) is 35.8 Å². The van der Waals surface area contributed by atoms with Crippen LogP contribution in [-0.2, 0) is 21.2 Å². The molecular weight excluding hydrogens is 434 g/mol. The molecule has 0 radical (unpaired) electrons. The van der Waals surface area contributed by atoms with Crippen molar-refractivity contribution in [1.29, 1.82) is 0 Å². The molecule has 1 saturated heterocycles. The highest BCUT2D eigenvalue weighted by molar-refractivity contribution is 7.94. The first-order valence-corrected chi connectivity index (χ1v) is 12.4. The molecule has 0 aliphatic carbocycles. The van der Waals surface area contributed by atoms with Crippen molar-refractivity contribution in [2.75, 3.05) is 41.2 Å². The molecule has 2 aromatic heterocycles. The van der Waals surface area contributed by atoms with Crippen molar-refractivity contribution in [3.05, 3.63) is 53.0 Å². The zero-order valence-corrected chi connectivity index (χ0v) is 19.1. The summed E-state index contributed by atoms with van der Waals surface area (Å²) in [7, 11) is -3.59. The Morgan fingerprint density at radius 3 is 2.45 bits per heavy atom. The molecule has 164 valence electrons. The van der Waals surface area contributed by atoms with E-state index in [0.29, 0.717) is 34.9 Å². The Kier molecular flexibility index (Phi) is 6.40. The molecule has 1 aromatic carbocycles. The summed E-state index contributed by atoms with van der Waals surface area (Å²) in [6, 6.07) is 12.5. The van der Waals surface area contributed by atoms with Crippen molar-refractivity contribution < 1.29 is 13.2 Å². The van der Waals surface area contributed by atoms with Crippen LogP contribution in [0.2, 0.25) is 0 Å². The Hall–Kier alpha value is -2.69. The van der Waals surface area contributed by atoms with E-state index >= 15 is 0 Å². The van der Waals surface area contributed by atoms with Crippen LogP contribution in [0.5, 0.6) is 0 Å². The summed E-state index contributed by atoms with van der Waals surface area (Å²) < 4.78 is 33.5. The van der Waals surface area contributed by atoms with Crippen molar-refractivity contribution in [2.45, 2.75) is 24.5 Å². The average molecular weight is 460 g/mol. The van der Waals surface area contributed by atoms with Gasteiger partial charge in [-0.05, 0) is 49.7 Å². The van der Waals surface area contributed by atoms with E-state index in [1.54, 1.807) is 18.2 Å². The van der Waals surface area contributed by atoms with Crippen LogP contribution in [0.15, 0.2) is 46.7 Å². The topological polar surface area (TPSA) is 96.5 Å². The number of thiophene rings is 1. The van der Waals surface area contributed by atoms with E-state index in [1.807, 2.05) is 38.1 Å². The molecule has 3 heterocycles. The summed E-state index contributed by atoms with van der Waals surface area (Å²) in [5, 5.41) is 3.27. The van der Waals surface area contributed by atoms with Crippen molar-refractivity contribution in [3.8, 4) is 0 Å². The van der Waals surface area contributed by atoms with E-state index in [2.05, 4.69) is 24.9 Å². The van der Waals surface area contributed by atoms with Gasteiger partial charge in [-0.1, -0.05) is 6.92 Å². The normalized spacial score (nSPS) is 14.5. The lowest BCUT2D eigenvalue weighted by molar-refractivity contribution is 0.122. The molecule has 1 aliphatic rings. The van der Waals surface area contributed by atoms with Crippen molar-refractivity contribution in [2.24, 2.45) is 0 Å². The van der Waals surface area contributed by atoms with Gasteiger partial charge in [0.1, 0.15) is 10.0 Å². The fourth-order valence-corrected chi connectivity index (χ4v) is 5.54. The predicted octanol–water partition coefficient (Wildman–Crippen LogP) is 3.79. The van der Waals surface area contributed by atoms with Gasteiger partial charge >= 0.3 is 0 Å². The van der Waals surface area contributed by atoms with Crippen molar-refractivity contribution in [1.82, 2.24) is 9.97 Å². The molecule has 31 heavy (non-hydrogen) atoms. The predicted molar refractivity (Wildman–Crippen MR) is 124 cm³/mol. The van der Waals surface area contributed by atoms with Gasteiger partial charge in [-0.25, -0.2) is 13.4 Å². The van der Waals surface area contributed by atoms with Gasteiger partial charge in [-0.3, -0.25) is 4.72 Å². The quantitative estimate of drug-likeness (QED) is 0.555. The number of rotatable bonds is 7. The number of hydrogen-bond donors (Lipinski definition) is 2. The lowest BCUT2D eigenvalue weighted by atomic mass is 10.3. The first-order chi connectivity index (χ1) is 14.9. The van der Waals surface area contributed by atoms with E-state index < -0.39 is 10.0 Å². The van der Waals surface area contributed by atoms with E-state index in [4.69, 9.17) is 4.74 Å². The van der Waals surface area contributed by atoms with Gasteiger partial charge in [0, 0.05) is 41.1 Å². The molecule has 2 N–H and O–H groups in total. The Morgan fingerprint density at radius 2 is 1.77 bits per heavy atom. The van der Waals surface area contributed by atoms with Crippen LogP contribution < -0.4 is 14.9 Å². The monoisotopic (exact) mass is 459 g/mol. The number of nitrogens with zero attached hydrogens (tertiary/aromatic N) is 3. The second kappa shape index (κ2) is 9.21. The van der Waals surface area contributed by atoms with Crippen molar-refractivity contribution >= 4 is 44.5 Å². The third-order valence-electron chi connectivity index (χ3n) is 4.80. The van der Waals surface area contributed by atoms with Crippen LogP contribution in [0.1, 0.15) is 17.5 Å². The van der Waals surface area contributed by atoms with Crippen LogP contribution in [0, 0.1) is 6.92 Å². The summed E-state index contributed by atoms with van der Waals surface area (Å²) in [5.41, 5.74) is 2.18. The Morgan fingerprint density at radius 1 is 1.06 bits per heavy atom. The largest absolute Gasteiger partial charge is 0.378 e. The summed E-state index contributed by atoms with van der Waals surface area (Å²) in [6.45, 7) is 6.81. The van der Waals surface area contributed by atoms with E-state index in [9.17, 15) is 8.42 Å². The second-order valence-electron chi connectivity index (χ2n) is 7.18. The molecule has 0 spiro atoms. The van der Waals surface area contributed by atoms with Gasteiger partial charge < -0.3 is 15.0 Å². The van der Waals surface area contributed by atoms with Crippen LogP contribution in [0.3, 0.4) is 0 Å². The van der Waals surface area contributed by atoms with Gasteiger partial charge in [0.2, 0.25) is 5.95 Å². The van der Waals surface area contributed by atoms with Gasteiger partial charge in [0.05, 0.1) is 13.2 Å². The van der Waals surface area contributed by atoms with Gasteiger partial charge in [-0.2, -0.15) is 4.98 Å². The molecule has 10 heteroatoms. The highest BCUT2D eigenvalue weighted by Crippen LogP contribution is 2.26. The molecule has 0 amide bonds. The molecule has 3 aromatic rings. The molecular formula is C21H25N5O3S2. The number of anilines is 4. The first kappa shape index (κ1) is 21.5. The number of sulfonamides is 1. The minimum absolute atomic E-state index is 0.318. The summed E-state index contributed by atoms with van der Waals surface area (Å²) in [5.74, 6) is 1.37. The number of nitrogens with one attached hydrogen (secondary N) is 2.